The van der Waals surface area contributed by atoms with E-state index in [1.54, 1.807) is 12.1 Å². The summed E-state index contributed by atoms with van der Waals surface area (Å²) in [5.41, 5.74) is 8.90. The van der Waals surface area contributed by atoms with E-state index in [-0.39, 0.29) is 0 Å². The fourth-order valence-corrected chi connectivity index (χ4v) is 2.95. The number of aryl methyl sites for hydroxylation is 1. The van der Waals surface area contributed by atoms with Crippen LogP contribution in [0.15, 0.2) is 30.3 Å². The van der Waals surface area contributed by atoms with Crippen LogP contribution < -0.4 is 10.5 Å². The summed E-state index contributed by atoms with van der Waals surface area (Å²) >= 11 is 18.8. The molecule has 0 radical (unpaired) electrons. The molecule has 2 aromatic carbocycles. The normalized spacial score (nSPS) is 12.3. The summed E-state index contributed by atoms with van der Waals surface area (Å²) in [6, 6.07) is 8.72. The molecule has 2 rings (SSSR count). The molecule has 0 fully saturated rings. The van der Waals surface area contributed by atoms with Gasteiger partial charge in [0.05, 0.1) is 17.7 Å². The first-order chi connectivity index (χ1) is 9.93. The van der Waals surface area contributed by atoms with Crippen LogP contribution in [-0.2, 0) is 0 Å². The van der Waals surface area contributed by atoms with Crippen LogP contribution in [0, 0.1) is 6.92 Å². The molecule has 1 unspecified atom stereocenters. The Morgan fingerprint density at radius 3 is 2.29 bits per heavy atom. The molecule has 0 aliphatic rings. The highest BCUT2D eigenvalue weighted by atomic mass is 35.5. The zero-order valence-corrected chi connectivity index (χ0v) is 14.1. The molecule has 0 saturated heterocycles. The zero-order valence-electron chi connectivity index (χ0n) is 11.8. The summed E-state index contributed by atoms with van der Waals surface area (Å²) in [7, 11) is 0. The quantitative estimate of drug-likeness (QED) is 0.805. The van der Waals surface area contributed by atoms with Crippen molar-refractivity contribution in [2.24, 2.45) is 5.73 Å². The lowest BCUT2D eigenvalue weighted by molar-refractivity contribution is 0.340. The Kier molecular flexibility index (Phi) is 5.39. The van der Waals surface area contributed by atoms with Crippen molar-refractivity contribution in [1.29, 1.82) is 0 Å². The van der Waals surface area contributed by atoms with E-state index in [4.69, 9.17) is 45.3 Å². The number of nitrogens with two attached hydrogens (primary N) is 1. The first-order valence-electron chi connectivity index (χ1n) is 6.57. The minimum absolute atomic E-state index is 0.446. The first kappa shape index (κ1) is 16.4. The number of rotatable bonds is 4. The zero-order chi connectivity index (χ0) is 15.6. The van der Waals surface area contributed by atoms with Gasteiger partial charge in [-0.15, -0.1) is 0 Å². The van der Waals surface area contributed by atoms with Crippen molar-refractivity contribution < 1.29 is 4.74 Å². The molecule has 112 valence electrons. The Morgan fingerprint density at radius 2 is 1.67 bits per heavy atom. The molecule has 5 heteroatoms. The van der Waals surface area contributed by atoms with Crippen molar-refractivity contribution in [3.8, 4) is 5.75 Å². The maximum atomic E-state index is 6.30. The predicted octanol–water partition coefficient (Wildman–Crippen LogP) is 5.40. The second-order valence-corrected chi connectivity index (χ2v) is 5.96. The molecule has 21 heavy (non-hydrogen) atoms. The molecule has 0 spiro atoms. The fraction of sp³-hybridized carbons (Fsp3) is 0.250. The van der Waals surface area contributed by atoms with Crippen molar-refractivity contribution in [3.05, 3.63) is 62.1 Å². The number of hydrogen-bond donors (Lipinski definition) is 1. The van der Waals surface area contributed by atoms with Gasteiger partial charge in [0.15, 0.2) is 0 Å². The van der Waals surface area contributed by atoms with E-state index in [0.717, 1.165) is 16.7 Å². The topological polar surface area (TPSA) is 35.2 Å². The van der Waals surface area contributed by atoms with Crippen molar-refractivity contribution in [1.82, 2.24) is 0 Å². The third-order valence-corrected chi connectivity index (χ3v) is 4.13. The SMILES string of the molecule is CCOc1cc(Cl)c(C(N)c2ccc(C)cc2Cl)cc1Cl. The monoisotopic (exact) mass is 343 g/mol. The highest BCUT2D eigenvalue weighted by molar-refractivity contribution is 6.35. The van der Waals surface area contributed by atoms with E-state index in [2.05, 4.69) is 0 Å². The fourth-order valence-electron chi connectivity index (χ4n) is 2.10. The summed E-state index contributed by atoms with van der Waals surface area (Å²) in [4.78, 5) is 0. The first-order valence-corrected chi connectivity index (χ1v) is 7.70. The Labute approximate surface area is 139 Å². The number of hydrogen-bond acceptors (Lipinski definition) is 2. The van der Waals surface area contributed by atoms with Crippen LogP contribution in [-0.4, -0.2) is 6.61 Å². The molecule has 2 N–H and O–H groups in total. The van der Waals surface area contributed by atoms with Crippen LogP contribution in [0.5, 0.6) is 5.75 Å². The van der Waals surface area contributed by atoms with Gasteiger partial charge in [0, 0.05) is 16.1 Å². The molecule has 0 aliphatic carbocycles. The molecule has 2 aromatic rings. The van der Waals surface area contributed by atoms with E-state index in [1.165, 1.54) is 0 Å². The van der Waals surface area contributed by atoms with Crippen LogP contribution >= 0.6 is 34.8 Å². The minimum Gasteiger partial charge on any atom is -0.492 e. The van der Waals surface area contributed by atoms with Gasteiger partial charge in [0.1, 0.15) is 5.75 Å². The van der Waals surface area contributed by atoms with Gasteiger partial charge in [-0.05, 0) is 42.7 Å². The van der Waals surface area contributed by atoms with Crippen LogP contribution in [0.25, 0.3) is 0 Å². The van der Waals surface area contributed by atoms with Crippen molar-refractivity contribution in [3.63, 3.8) is 0 Å². The molecular weight excluding hydrogens is 329 g/mol. The van der Waals surface area contributed by atoms with E-state index in [0.29, 0.717) is 27.4 Å². The van der Waals surface area contributed by atoms with Crippen molar-refractivity contribution in [2.45, 2.75) is 19.9 Å². The Bertz CT molecular complexity index is 658. The van der Waals surface area contributed by atoms with Crippen LogP contribution in [0.1, 0.15) is 29.7 Å². The second-order valence-electron chi connectivity index (χ2n) is 4.74. The van der Waals surface area contributed by atoms with E-state index in [1.807, 2.05) is 32.0 Å². The molecule has 0 aromatic heterocycles. The van der Waals surface area contributed by atoms with Gasteiger partial charge >= 0.3 is 0 Å². The third-order valence-electron chi connectivity index (χ3n) is 3.18. The number of benzene rings is 2. The van der Waals surface area contributed by atoms with Gasteiger partial charge in [0.2, 0.25) is 0 Å². The largest absolute Gasteiger partial charge is 0.492 e. The highest BCUT2D eigenvalue weighted by Gasteiger charge is 2.18. The minimum atomic E-state index is -0.446. The summed E-state index contributed by atoms with van der Waals surface area (Å²) in [6.07, 6.45) is 0. The number of ether oxygens (including phenoxy) is 1. The second kappa shape index (κ2) is 6.89. The van der Waals surface area contributed by atoms with Gasteiger partial charge in [-0.25, -0.2) is 0 Å². The predicted molar refractivity (Wildman–Crippen MR) is 89.9 cm³/mol. The highest BCUT2D eigenvalue weighted by Crippen LogP contribution is 2.37. The molecule has 0 heterocycles. The Hall–Kier alpha value is -0.930. The Balaban J connectivity index is 2.43. The molecular formula is C16H16Cl3NO. The van der Waals surface area contributed by atoms with E-state index >= 15 is 0 Å². The van der Waals surface area contributed by atoms with Crippen LogP contribution in [0.3, 0.4) is 0 Å². The maximum absolute atomic E-state index is 6.30. The molecule has 0 aliphatic heterocycles. The van der Waals surface area contributed by atoms with E-state index in [9.17, 15) is 0 Å². The average molecular weight is 345 g/mol. The van der Waals surface area contributed by atoms with Crippen LogP contribution in [0.2, 0.25) is 15.1 Å². The Morgan fingerprint density at radius 1 is 1.00 bits per heavy atom. The van der Waals surface area contributed by atoms with Gasteiger partial charge in [-0.1, -0.05) is 46.9 Å². The van der Waals surface area contributed by atoms with Gasteiger partial charge < -0.3 is 10.5 Å². The lowest BCUT2D eigenvalue weighted by Gasteiger charge is -2.18. The summed E-state index contributed by atoms with van der Waals surface area (Å²) in [5, 5.41) is 1.60. The summed E-state index contributed by atoms with van der Waals surface area (Å²) in [6.45, 7) is 4.38. The molecule has 1 atom stereocenters. The van der Waals surface area contributed by atoms with Crippen molar-refractivity contribution in [2.75, 3.05) is 6.61 Å². The van der Waals surface area contributed by atoms with Gasteiger partial charge in [-0.2, -0.15) is 0 Å². The van der Waals surface area contributed by atoms with Crippen molar-refractivity contribution >= 4 is 34.8 Å². The number of halogens is 3. The van der Waals surface area contributed by atoms with Gasteiger partial charge in [0.25, 0.3) is 0 Å². The maximum Gasteiger partial charge on any atom is 0.139 e. The summed E-state index contributed by atoms with van der Waals surface area (Å²) in [5.74, 6) is 0.551. The molecule has 0 amide bonds. The van der Waals surface area contributed by atoms with E-state index < -0.39 is 6.04 Å². The lowest BCUT2D eigenvalue weighted by Crippen LogP contribution is -2.13. The van der Waals surface area contributed by atoms with Gasteiger partial charge in [-0.3, -0.25) is 0 Å². The molecule has 2 nitrogen and oxygen atoms in total. The van der Waals surface area contributed by atoms with Crippen LogP contribution in [0.4, 0.5) is 0 Å². The molecule has 0 bridgehead atoms. The standard InChI is InChI=1S/C16H16Cl3NO/c1-3-21-15-8-13(18)11(7-14(15)19)16(20)10-5-4-9(2)6-12(10)17/h4-8,16H,3,20H2,1-2H3. The smallest absolute Gasteiger partial charge is 0.139 e. The summed E-state index contributed by atoms with van der Waals surface area (Å²) < 4.78 is 5.41. The third kappa shape index (κ3) is 3.64. The molecule has 0 saturated carbocycles. The lowest BCUT2D eigenvalue weighted by atomic mass is 9.98. The average Bonchev–Trinajstić information content (AvgIpc) is 2.42.